The van der Waals surface area contributed by atoms with Crippen molar-refractivity contribution in [2.24, 2.45) is 0 Å². The molecule has 4 rings (SSSR count). The predicted octanol–water partition coefficient (Wildman–Crippen LogP) is 3.79. The zero-order chi connectivity index (χ0) is 24.7. The summed E-state index contributed by atoms with van der Waals surface area (Å²) in [6.07, 6.45) is 0. The number of benzene rings is 3. The summed E-state index contributed by atoms with van der Waals surface area (Å²) in [6.45, 7) is 4.25. The van der Waals surface area contributed by atoms with Crippen LogP contribution in [0.15, 0.2) is 88.2 Å². The van der Waals surface area contributed by atoms with Crippen LogP contribution >= 0.6 is 15.9 Å². The molecule has 0 atom stereocenters. The molecule has 0 radical (unpaired) electrons. The van der Waals surface area contributed by atoms with Gasteiger partial charge in [-0.3, -0.25) is 14.0 Å². The Morgan fingerprint density at radius 3 is 2.20 bits per heavy atom. The summed E-state index contributed by atoms with van der Waals surface area (Å²) >= 11 is 3.37. The van der Waals surface area contributed by atoms with Gasteiger partial charge in [0.25, 0.3) is 10.0 Å². The first-order valence-electron chi connectivity index (χ1n) is 11.4. The van der Waals surface area contributed by atoms with Crippen LogP contribution < -0.4 is 9.62 Å². The van der Waals surface area contributed by atoms with Crippen LogP contribution in [0.3, 0.4) is 0 Å². The van der Waals surface area contributed by atoms with Crippen molar-refractivity contribution in [3.05, 3.63) is 94.5 Å². The Morgan fingerprint density at radius 1 is 0.914 bits per heavy atom. The number of carbonyl (C=O) groups excluding carboxylic acids is 1. The Hall–Kier alpha value is -2.72. The lowest BCUT2D eigenvalue weighted by molar-refractivity contribution is -0.119. The number of nitrogens with one attached hydrogen (secondary N) is 1. The predicted molar refractivity (Wildman–Crippen MR) is 140 cm³/mol. The molecule has 1 heterocycles. The van der Waals surface area contributed by atoms with Crippen LogP contribution in [0.5, 0.6) is 0 Å². The van der Waals surface area contributed by atoms with E-state index in [1.54, 1.807) is 42.5 Å². The fourth-order valence-electron chi connectivity index (χ4n) is 3.81. The molecule has 1 aliphatic rings. The molecule has 0 unspecified atom stereocenters. The normalized spacial score (nSPS) is 14.4. The van der Waals surface area contributed by atoms with Gasteiger partial charge in [0, 0.05) is 30.7 Å². The van der Waals surface area contributed by atoms with Crippen LogP contribution in [-0.2, 0) is 32.6 Å². The number of morpholine rings is 1. The minimum Gasteiger partial charge on any atom is -0.379 e. The molecule has 0 aromatic heterocycles. The number of sulfonamides is 1. The second-order valence-corrected chi connectivity index (χ2v) is 11.1. The third-order valence-electron chi connectivity index (χ3n) is 5.76. The highest BCUT2D eigenvalue weighted by molar-refractivity contribution is 9.10. The van der Waals surface area contributed by atoms with Crippen LogP contribution in [0.4, 0.5) is 5.69 Å². The molecule has 1 N–H and O–H groups in total. The van der Waals surface area contributed by atoms with Crippen LogP contribution in [0.25, 0.3) is 0 Å². The van der Waals surface area contributed by atoms with Gasteiger partial charge in [-0.25, -0.2) is 8.42 Å². The number of amides is 1. The monoisotopic (exact) mass is 557 g/mol. The number of rotatable bonds is 9. The standard InChI is InChI=1S/C26H28BrN3O4S/c27-23-10-12-24(13-11-23)30(35(32,33)25-4-2-1-3-5-25)20-26(31)28-18-21-6-8-22(9-7-21)19-29-14-16-34-17-15-29/h1-13H,14-20H2,(H,28,31). The average molecular weight is 558 g/mol. The third kappa shape index (κ3) is 6.91. The van der Waals surface area contributed by atoms with E-state index in [-0.39, 0.29) is 17.3 Å². The van der Waals surface area contributed by atoms with Gasteiger partial charge >= 0.3 is 0 Å². The van der Waals surface area contributed by atoms with Gasteiger partial charge in [-0.15, -0.1) is 0 Å². The Morgan fingerprint density at radius 2 is 1.54 bits per heavy atom. The molecule has 0 spiro atoms. The molecule has 0 saturated carbocycles. The van der Waals surface area contributed by atoms with Crippen molar-refractivity contribution in [2.45, 2.75) is 18.0 Å². The van der Waals surface area contributed by atoms with Gasteiger partial charge in [0.15, 0.2) is 0 Å². The molecule has 35 heavy (non-hydrogen) atoms. The minimum absolute atomic E-state index is 0.131. The molecule has 1 amide bonds. The average Bonchev–Trinajstić information content (AvgIpc) is 2.88. The maximum atomic E-state index is 13.4. The Kier molecular flexibility index (Phi) is 8.56. The molecule has 7 nitrogen and oxygen atoms in total. The van der Waals surface area contributed by atoms with Gasteiger partial charge in [0.05, 0.1) is 23.8 Å². The van der Waals surface area contributed by atoms with E-state index >= 15 is 0 Å². The fraction of sp³-hybridized carbons (Fsp3) is 0.269. The van der Waals surface area contributed by atoms with Gasteiger partial charge in [0.1, 0.15) is 6.54 Å². The molecule has 1 aliphatic heterocycles. The second kappa shape index (κ2) is 11.8. The largest absolute Gasteiger partial charge is 0.379 e. The van der Waals surface area contributed by atoms with Gasteiger partial charge < -0.3 is 10.1 Å². The van der Waals surface area contributed by atoms with Crippen LogP contribution in [0, 0.1) is 0 Å². The number of hydrogen-bond acceptors (Lipinski definition) is 5. The number of ether oxygens (including phenoxy) is 1. The summed E-state index contributed by atoms with van der Waals surface area (Å²) in [5.74, 6) is -0.384. The van der Waals surface area contributed by atoms with Crippen molar-refractivity contribution in [3.8, 4) is 0 Å². The van der Waals surface area contributed by atoms with Crippen LogP contribution in [-0.4, -0.2) is 52.1 Å². The fourth-order valence-corrected chi connectivity index (χ4v) is 5.52. The smallest absolute Gasteiger partial charge is 0.264 e. The van der Waals surface area contributed by atoms with E-state index in [0.717, 1.165) is 47.2 Å². The van der Waals surface area contributed by atoms with Crippen LogP contribution in [0.2, 0.25) is 0 Å². The number of hydrogen-bond donors (Lipinski definition) is 1. The SMILES string of the molecule is O=C(CN(c1ccc(Br)cc1)S(=O)(=O)c1ccccc1)NCc1ccc(CN2CCOCC2)cc1. The number of anilines is 1. The molecule has 3 aromatic carbocycles. The number of carbonyl (C=O) groups is 1. The van der Waals surface area contributed by atoms with Gasteiger partial charge in [-0.05, 0) is 47.5 Å². The molecule has 3 aromatic rings. The highest BCUT2D eigenvalue weighted by Gasteiger charge is 2.27. The molecule has 9 heteroatoms. The van der Waals surface area contributed by atoms with E-state index in [1.807, 2.05) is 12.1 Å². The lowest BCUT2D eigenvalue weighted by atomic mass is 10.1. The Bertz CT molecular complexity index is 1210. The van der Waals surface area contributed by atoms with Crippen LogP contribution in [0.1, 0.15) is 11.1 Å². The van der Waals surface area contributed by atoms with Crippen molar-refractivity contribution < 1.29 is 17.9 Å². The summed E-state index contributed by atoms with van der Waals surface area (Å²) < 4.78 is 34.0. The van der Waals surface area contributed by atoms with Gasteiger partial charge in [-0.2, -0.15) is 0 Å². The minimum atomic E-state index is -3.92. The van der Waals surface area contributed by atoms with Crippen molar-refractivity contribution in [2.75, 3.05) is 37.2 Å². The first-order valence-corrected chi connectivity index (χ1v) is 13.6. The van der Waals surface area contributed by atoms with E-state index in [4.69, 9.17) is 4.74 Å². The van der Waals surface area contributed by atoms with E-state index < -0.39 is 10.0 Å². The van der Waals surface area contributed by atoms with E-state index in [1.165, 1.54) is 17.7 Å². The Balaban J connectivity index is 1.41. The summed E-state index contributed by atoms with van der Waals surface area (Å²) in [5, 5.41) is 2.85. The van der Waals surface area contributed by atoms with Gasteiger partial charge in [0.2, 0.25) is 5.91 Å². The number of nitrogens with zero attached hydrogens (tertiary/aromatic N) is 2. The maximum absolute atomic E-state index is 13.4. The zero-order valence-corrected chi connectivity index (χ0v) is 21.7. The first-order chi connectivity index (χ1) is 16.9. The summed E-state index contributed by atoms with van der Waals surface area (Å²) in [7, 11) is -3.92. The summed E-state index contributed by atoms with van der Waals surface area (Å²) in [5.41, 5.74) is 2.57. The molecule has 1 fully saturated rings. The highest BCUT2D eigenvalue weighted by atomic mass is 79.9. The molecule has 0 aliphatic carbocycles. The third-order valence-corrected chi connectivity index (χ3v) is 8.07. The molecular formula is C26H28BrN3O4S. The highest BCUT2D eigenvalue weighted by Crippen LogP contribution is 2.25. The van der Waals surface area contributed by atoms with E-state index in [2.05, 4.69) is 38.3 Å². The van der Waals surface area contributed by atoms with Crippen molar-refractivity contribution in [1.29, 1.82) is 0 Å². The van der Waals surface area contributed by atoms with E-state index in [0.29, 0.717) is 12.2 Å². The maximum Gasteiger partial charge on any atom is 0.264 e. The van der Waals surface area contributed by atoms with Crippen molar-refractivity contribution >= 4 is 37.5 Å². The quantitative estimate of drug-likeness (QED) is 0.433. The number of halogens is 1. The molecular weight excluding hydrogens is 530 g/mol. The molecule has 184 valence electrons. The van der Waals surface area contributed by atoms with Crippen molar-refractivity contribution in [3.63, 3.8) is 0 Å². The van der Waals surface area contributed by atoms with Gasteiger partial charge in [-0.1, -0.05) is 58.4 Å². The first kappa shape index (κ1) is 25.4. The Labute approximate surface area is 214 Å². The zero-order valence-electron chi connectivity index (χ0n) is 19.3. The summed E-state index contributed by atoms with van der Waals surface area (Å²) in [6, 6.07) is 23.1. The lowest BCUT2D eigenvalue weighted by Crippen LogP contribution is -2.40. The summed E-state index contributed by atoms with van der Waals surface area (Å²) in [4.78, 5) is 15.3. The van der Waals surface area contributed by atoms with E-state index in [9.17, 15) is 13.2 Å². The topological polar surface area (TPSA) is 79.0 Å². The lowest BCUT2D eigenvalue weighted by Gasteiger charge is -2.26. The van der Waals surface area contributed by atoms with Crippen molar-refractivity contribution in [1.82, 2.24) is 10.2 Å². The second-order valence-electron chi connectivity index (χ2n) is 8.28. The molecule has 0 bridgehead atoms. The molecule has 1 saturated heterocycles.